The van der Waals surface area contributed by atoms with E-state index in [1.807, 2.05) is 0 Å². The molecule has 3 rings (SSSR count). The highest BCUT2D eigenvalue weighted by Gasteiger charge is 2.29. The molecule has 0 saturated heterocycles. The summed E-state index contributed by atoms with van der Waals surface area (Å²) in [5, 5.41) is 14.0. The van der Waals surface area contributed by atoms with Crippen molar-refractivity contribution in [2.24, 2.45) is 0 Å². The number of nitrogens with one attached hydrogen (secondary N) is 1. The Kier molecular flexibility index (Phi) is 7.50. The second kappa shape index (κ2) is 10.3. The molecule has 1 amide bonds. The van der Waals surface area contributed by atoms with Gasteiger partial charge in [-0.15, -0.1) is 0 Å². The van der Waals surface area contributed by atoms with E-state index in [1.165, 1.54) is 63.4 Å². The van der Waals surface area contributed by atoms with Gasteiger partial charge in [0.15, 0.2) is 5.78 Å². The Morgan fingerprint density at radius 2 is 1.74 bits per heavy atom. The summed E-state index contributed by atoms with van der Waals surface area (Å²) in [7, 11) is -2.93. The Labute approximate surface area is 202 Å². The lowest BCUT2D eigenvalue weighted by Crippen LogP contribution is -2.38. The average molecular weight is 498 g/mol. The quantitative estimate of drug-likeness (QED) is 0.269. The van der Waals surface area contributed by atoms with Gasteiger partial charge in [0.25, 0.3) is 15.7 Å². The first-order valence-corrected chi connectivity index (χ1v) is 11.8. The molecule has 35 heavy (non-hydrogen) atoms. The van der Waals surface area contributed by atoms with Crippen LogP contribution >= 0.6 is 0 Å². The van der Waals surface area contributed by atoms with Gasteiger partial charge in [-0.2, -0.15) is 0 Å². The van der Waals surface area contributed by atoms with Gasteiger partial charge in [-0.05, 0) is 56.3 Å². The molecule has 0 atom stereocenters. The lowest BCUT2D eigenvalue weighted by atomic mass is 10.1. The molecule has 1 N–H and O–H groups in total. The molecule has 0 unspecified atom stereocenters. The van der Waals surface area contributed by atoms with Crippen LogP contribution in [0, 0.1) is 17.0 Å². The fourth-order valence-corrected chi connectivity index (χ4v) is 4.73. The Morgan fingerprint density at radius 1 is 1.06 bits per heavy atom. The maximum absolute atomic E-state index is 13.6. The zero-order valence-electron chi connectivity index (χ0n) is 19.2. The van der Waals surface area contributed by atoms with Crippen LogP contribution in [0.15, 0.2) is 71.6 Å². The van der Waals surface area contributed by atoms with E-state index in [9.17, 15) is 28.1 Å². The largest absolute Gasteiger partial charge is 0.497 e. The number of sulfonamides is 1. The van der Waals surface area contributed by atoms with Gasteiger partial charge < -0.3 is 10.1 Å². The van der Waals surface area contributed by atoms with Crippen molar-refractivity contribution in [2.45, 2.75) is 18.7 Å². The summed E-state index contributed by atoms with van der Waals surface area (Å²) in [4.78, 5) is 34.9. The Morgan fingerprint density at radius 3 is 2.34 bits per heavy atom. The Hall–Kier alpha value is -4.25. The van der Waals surface area contributed by atoms with Gasteiger partial charge in [0, 0.05) is 22.9 Å². The van der Waals surface area contributed by atoms with Gasteiger partial charge in [0.05, 0.1) is 22.6 Å². The second-order valence-corrected chi connectivity index (χ2v) is 9.46. The molecular formula is C24H23N3O7S. The van der Waals surface area contributed by atoms with Crippen molar-refractivity contribution >= 4 is 38.8 Å². The topological polar surface area (TPSA) is 136 Å². The van der Waals surface area contributed by atoms with Crippen LogP contribution < -0.4 is 14.4 Å². The SMILES string of the molecule is COc1ccc(N(CC(=O)Nc2cccc(C(C)=O)c2)S(=O)(=O)c2ccc(C)c([N+](=O)[O-])c2)cc1. The minimum atomic E-state index is -4.38. The monoisotopic (exact) mass is 497 g/mol. The van der Waals surface area contributed by atoms with Crippen molar-refractivity contribution in [3.8, 4) is 5.75 Å². The molecule has 0 fully saturated rings. The van der Waals surface area contributed by atoms with E-state index in [4.69, 9.17) is 4.74 Å². The number of rotatable bonds is 9. The normalized spacial score (nSPS) is 10.9. The highest BCUT2D eigenvalue weighted by Crippen LogP contribution is 2.29. The summed E-state index contributed by atoms with van der Waals surface area (Å²) in [6, 6.07) is 15.8. The molecule has 0 aliphatic carbocycles. The van der Waals surface area contributed by atoms with Gasteiger partial charge in [-0.1, -0.05) is 18.2 Å². The molecule has 3 aromatic rings. The number of ketones is 1. The molecule has 182 valence electrons. The van der Waals surface area contributed by atoms with Crippen LogP contribution in [-0.4, -0.2) is 38.7 Å². The van der Waals surface area contributed by atoms with Crippen LogP contribution in [0.4, 0.5) is 17.1 Å². The number of aryl methyl sites for hydroxylation is 1. The predicted octanol–water partition coefficient (Wildman–Crippen LogP) is 3.95. The van der Waals surface area contributed by atoms with Gasteiger partial charge in [0.2, 0.25) is 5.91 Å². The third-order valence-electron chi connectivity index (χ3n) is 5.17. The summed E-state index contributed by atoms with van der Waals surface area (Å²) < 4.78 is 33.1. The van der Waals surface area contributed by atoms with Crippen molar-refractivity contribution in [1.82, 2.24) is 0 Å². The zero-order valence-corrected chi connectivity index (χ0v) is 20.0. The average Bonchev–Trinajstić information content (AvgIpc) is 2.82. The van der Waals surface area contributed by atoms with Crippen molar-refractivity contribution in [1.29, 1.82) is 0 Å². The molecule has 3 aromatic carbocycles. The number of amides is 1. The maximum atomic E-state index is 13.6. The van der Waals surface area contributed by atoms with Crippen LogP contribution in [-0.2, 0) is 14.8 Å². The molecule has 0 aromatic heterocycles. The van der Waals surface area contributed by atoms with Crippen molar-refractivity contribution in [3.05, 3.63) is 88.0 Å². The molecule has 0 heterocycles. The highest BCUT2D eigenvalue weighted by molar-refractivity contribution is 7.92. The maximum Gasteiger partial charge on any atom is 0.273 e. The van der Waals surface area contributed by atoms with E-state index >= 15 is 0 Å². The van der Waals surface area contributed by atoms with E-state index in [0.717, 1.165) is 10.4 Å². The number of nitrogens with zero attached hydrogens (tertiary/aromatic N) is 2. The van der Waals surface area contributed by atoms with Gasteiger partial charge in [-0.3, -0.25) is 24.0 Å². The number of hydrogen-bond acceptors (Lipinski definition) is 7. The summed E-state index contributed by atoms with van der Waals surface area (Å²) in [5.74, 6) is -0.390. The first kappa shape index (κ1) is 25.4. The third kappa shape index (κ3) is 5.82. The first-order valence-electron chi connectivity index (χ1n) is 10.4. The number of Topliss-reactive ketones (excluding diaryl/α,β-unsaturated/α-hetero) is 1. The lowest BCUT2D eigenvalue weighted by molar-refractivity contribution is -0.385. The smallest absolute Gasteiger partial charge is 0.273 e. The zero-order chi connectivity index (χ0) is 25.8. The number of carbonyl (C=O) groups is 2. The molecule has 10 nitrogen and oxygen atoms in total. The van der Waals surface area contributed by atoms with Crippen molar-refractivity contribution < 1.29 is 27.7 Å². The van der Waals surface area contributed by atoms with Crippen LogP contribution in [0.25, 0.3) is 0 Å². The highest BCUT2D eigenvalue weighted by atomic mass is 32.2. The molecule has 0 aliphatic rings. The number of anilines is 2. The molecule has 11 heteroatoms. The summed E-state index contributed by atoms with van der Waals surface area (Å²) >= 11 is 0. The van der Waals surface area contributed by atoms with E-state index in [1.54, 1.807) is 18.2 Å². The molecule has 0 aliphatic heterocycles. The van der Waals surface area contributed by atoms with Crippen LogP contribution in [0.2, 0.25) is 0 Å². The minimum absolute atomic E-state index is 0.154. The third-order valence-corrected chi connectivity index (χ3v) is 6.94. The lowest BCUT2D eigenvalue weighted by Gasteiger charge is -2.24. The van der Waals surface area contributed by atoms with E-state index < -0.39 is 27.4 Å². The molecule has 0 radical (unpaired) electrons. The number of benzene rings is 3. The molecule has 0 bridgehead atoms. The predicted molar refractivity (Wildman–Crippen MR) is 130 cm³/mol. The summed E-state index contributed by atoms with van der Waals surface area (Å²) in [6.45, 7) is 2.26. The number of carbonyl (C=O) groups excluding carboxylic acids is 2. The molecule has 0 saturated carbocycles. The van der Waals surface area contributed by atoms with E-state index in [0.29, 0.717) is 22.6 Å². The minimum Gasteiger partial charge on any atom is -0.497 e. The summed E-state index contributed by atoms with van der Waals surface area (Å²) in [6.07, 6.45) is 0. The van der Waals surface area contributed by atoms with Crippen LogP contribution in [0.1, 0.15) is 22.8 Å². The standard InChI is InChI=1S/C24H23N3O7S/c1-16-7-12-22(14-23(16)27(30)31)35(32,33)26(20-8-10-21(34-3)11-9-20)15-24(29)25-19-6-4-5-18(13-19)17(2)28/h4-14H,15H2,1-3H3,(H,25,29). The van der Waals surface area contributed by atoms with E-state index in [-0.39, 0.29) is 22.1 Å². The first-order chi connectivity index (χ1) is 16.5. The van der Waals surface area contributed by atoms with Gasteiger partial charge >= 0.3 is 0 Å². The molecule has 0 spiro atoms. The second-order valence-electron chi connectivity index (χ2n) is 7.60. The Bertz CT molecular complexity index is 1390. The van der Waals surface area contributed by atoms with Crippen molar-refractivity contribution in [2.75, 3.05) is 23.3 Å². The Balaban J connectivity index is 2.00. The fourth-order valence-electron chi connectivity index (χ4n) is 3.28. The number of methoxy groups -OCH3 is 1. The van der Waals surface area contributed by atoms with Crippen LogP contribution in [0.3, 0.4) is 0 Å². The number of ether oxygens (including phenoxy) is 1. The summed E-state index contributed by atoms with van der Waals surface area (Å²) in [5.41, 5.74) is 0.802. The number of nitro benzene ring substituents is 1. The number of nitro groups is 1. The van der Waals surface area contributed by atoms with Crippen molar-refractivity contribution in [3.63, 3.8) is 0 Å². The fraction of sp³-hybridized carbons (Fsp3) is 0.167. The number of hydrogen-bond donors (Lipinski definition) is 1. The van der Waals surface area contributed by atoms with E-state index in [2.05, 4.69) is 5.32 Å². The van der Waals surface area contributed by atoms with Gasteiger partial charge in [-0.25, -0.2) is 8.42 Å². The van der Waals surface area contributed by atoms with Gasteiger partial charge in [0.1, 0.15) is 12.3 Å². The van der Waals surface area contributed by atoms with Crippen LogP contribution in [0.5, 0.6) is 5.75 Å². The molecular weight excluding hydrogens is 474 g/mol.